The first-order valence-corrected chi connectivity index (χ1v) is 14.2. The second-order valence-electron chi connectivity index (χ2n) is 9.19. The standard InChI is InChI=1S/C23H44O11S.Na/c1-2-3-4-5-6-7-8-9-10-11-12-13-19(25)32-14-17(24)15-33-23-22(28)21(27)20(26)18(34-23)16-35(29,30)31;/h17-18,20-24,26-28H,2-16H2,1H3,(H,29,30,31);/q;+1/p-1. The first-order valence-electron chi connectivity index (χ1n) is 12.6. The summed E-state index contributed by atoms with van der Waals surface area (Å²) in [6.45, 7) is 1.38. The number of ether oxygens (including phenoxy) is 3. The van der Waals surface area contributed by atoms with Crippen LogP contribution in [0.25, 0.3) is 0 Å². The van der Waals surface area contributed by atoms with Crippen LogP contribution in [0.4, 0.5) is 0 Å². The van der Waals surface area contributed by atoms with E-state index in [1.54, 1.807) is 0 Å². The van der Waals surface area contributed by atoms with Gasteiger partial charge in [0.15, 0.2) is 6.29 Å². The zero-order valence-corrected chi connectivity index (χ0v) is 24.4. The van der Waals surface area contributed by atoms with Crippen LogP contribution in [0.3, 0.4) is 0 Å². The van der Waals surface area contributed by atoms with Crippen molar-refractivity contribution in [3.63, 3.8) is 0 Å². The normalized spacial score (nSPS) is 25.2. The fraction of sp³-hybridized carbons (Fsp3) is 0.957. The molecule has 0 bridgehead atoms. The predicted molar refractivity (Wildman–Crippen MR) is 125 cm³/mol. The summed E-state index contributed by atoms with van der Waals surface area (Å²) in [5.74, 6) is -1.58. The van der Waals surface area contributed by atoms with Gasteiger partial charge in [0.1, 0.15) is 37.1 Å². The van der Waals surface area contributed by atoms with Gasteiger partial charge >= 0.3 is 35.5 Å². The van der Waals surface area contributed by atoms with E-state index in [9.17, 15) is 38.2 Å². The average Bonchev–Trinajstić information content (AvgIpc) is 2.80. The van der Waals surface area contributed by atoms with Crippen molar-refractivity contribution in [3.05, 3.63) is 0 Å². The van der Waals surface area contributed by atoms with E-state index in [4.69, 9.17) is 14.2 Å². The van der Waals surface area contributed by atoms with Gasteiger partial charge in [-0.3, -0.25) is 4.79 Å². The van der Waals surface area contributed by atoms with Gasteiger partial charge in [-0.1, -0.05) is 71.1 Å². The first-order chi connectivity index (χ1) is 16.5. The molecule has 11 nitrogen and oxygen atoms in total. The van der Waals surface area contributed by atoms with Crippen molar-refractivity contribution in [3.8, 4) is 0 Å². The van der Waals surface area contributed by atoms with E-state index in [0.717, 1.165) is 19.3 Å². The van der Waals surface area contributed by atoms with Crippen molar-refractivity contribution in [2.75, 3.05) is 19.0 Å². The molecule has 0 aromatic carbocycles. The van der Waals surface area contributed by atoms with Gasteiger partial charge in [-0.25, -0.2) is 8.42 Å². The molecule has 0 aromatic rings. The first kappa shape index (κ1) is 36.1. The maximum Gasteiger partial charge on any atom is 1.00 e. The molecule has 0 saturated carbocycles. The van der Waals surface area contributed by atoms with Gasteiger partial charge in [0.25, 0.3) is 0 Å². The second kappa shape index (κ2) is 20.1. The molecule has 0 spiro atoms. The molecule has 1 saturated heterocycles. The Balaban J connectivity index is 0.0000122. The van der Waals surface area contributed by atoms with Gasteiger partial charge in [0, 0.05) is 6.42 Å². The molecule has 6 unspecified atom stereocenters. The van der Waals surface area contributed by atoms with E-state index < -0.39 is 65.3 Å². The van der Waals surface area contributed by atoms with Crippen molar-refractivity contribution in [2.45, 2.75) is 121 Å². The number of carbonyl (C=O) groups excluding carboxylic acids is 1. The smallest absolute Gasteiger partial charge is 0.748 e. The Morgan fingerprint density at radius 2 is 1.42 bits per heavy atom. The third-order valence-electron chi connectivity index (χ3n) is 5.91. The van der Waals surface area contributed by atoms with Crippen LogP contribution < -0.4 is 29.6 Å². The van der Waals surface area contributed by atoms with Crippen LogP contribution in [-0.4, -0.2) is 95.1 Å². The zero-order chi connectivity index (χ0) is 26.3. The Morgan fingerprint density at radius 1 is 0.889 bits per heavy atom. The molecule has 0 amide bonds. The number of carbonyl (C=O) groups is 1. The van der Waals surface area contributed by atoms with Crippen molar-refractivity contribution < 1.29 is 82.0 Å². The third-order valence-corrected chi connectivity index (χ3v) is 6.65. The SMILES string of the molecule is CCCCCCCCCCCCCC(=O)OCC(O)COC1OC(CS(=O)(=O)[O-])C(O)C(O)C1O.[Na+]. The van der Waals surface area contributed by atoms with Crippen molar-refractivity contribution in [2.24, 2.45) is 0 Å². The van der Waals surface area contributed by atoms with Gasteiger partial charge in [0.05, 0.1) is 22.5 Å². The van der Waals surface area contributed by atoms with Crippen LogP contribution in [0.5, 0.6) is 0 Å². The predicted octanol–water partition coefficient (Wildman–Crippen LogP) is -2.03. The Hall–Kier alpha value is 0.140. The Kier molecular flexibility index (Phi) is 20.2. The van der Waals surface area contributed by atoms with Gasteiger partial charge in [0.2, 0.25) is 0 Å². The van der Waals surface area contributed by atoms with Gasteiger partial charge in [-0.05, 0) is 6.42 Å². The van der Waals surface area contributed by atoms with E-state index in [1.165, 1.54) is 44.9 Å². The molecule has 1 fully saturated rings. The van der Waals surface area contributed by atoms with Crippen LogP contribution in [0, 0.1) is 0 Å². The van der Waals surface area contributed by atoms with Crippen LogP contribution in [-0.2, 0) is 29.1 Å². The summed E-state index contributed by atoms with van der Waals surface area (Å²) in [7, 11) is -4.78. The fourth-order valence-electron chi connectivity index (χ4n) is 3.84. The largest absolute Gasteiger partial charge is 1.00 e. The summed E-state index contributed by atoms with van der Waals surface area (Å²) in [6, 6.07) is 0. The van der Waals surface area contributed by atoms with Crippen molar-refractivity contribution in [1.29, 1.82) is 0 Å². The van der Waals surface area contributed by atoms with Gasteiger partial charge in [-0.2, -0.15) is 0 Å². The minimum Gasteiger partial charge on any atom is -0.748 e. The number of hydrogen-bond acceptors (Lipinski definition) is 11. The summed E-state index contributed by atoms with van der Waals surface area (Å²) in [4.78, 5) is 11.8. The number of unbranched alkanes of at least 4 members (excludes halogenated alkanes) is 10. The van der Waals surface area contributed by atoms with E-state index in [0.29, 0.717) is 6.42 Å². The molecule has 0 aliphatic carbocycles. The molecule has 6 atom stereocenters. The van der Waals surface area contributed by atoms with Crippen molar-refractivity contribution >= 4 is 16.1 Å². The average molecular weight is 551 g/mol. The van der Waals surface area contributed by atoms with Gasteiger partial charge < -0.3 is 39.2 Å². The van der Waals surface area contributed by atoms with Crippen LogP contribution in [0.15, 0.2) is 0 Å². The number of esters is 1. The topological polar surface area (TPSA) is 183 Å². The fourth-order valence-corrected chi connectivity index (χ4v) is 4.52. The number of rotatable bonds is 19. The van der Waals surface area contributed by atoms with Crippen LogP contribution in [0.1, 0.15) is 84.0 Å². The second-order valence-corrected chi connectivity index (χ2v) is 10.6. The summed E-state index contributed by atoms with van der Waals surface area (Å²) < 4.78 is 48.0. The molecule has 36 heavy (non-hydrogen) atoms. The van der Waals surface area contributed by atoms with E-state index in [1.807, 2.05) is 0 Å². The maximum absolute atomic E-state index is 11.8. The quantitative estimate of drug-likeness (QED) is 0.0602. The molecular formula is C23H43NaO11S. The number of aliphatic hydroxyl groups excluding tert-OH is 4. The van der Waals surface area contributed by atoms with Crippen LogP contribution >= 0.6 is 0 Å². The molecule has 208 valence electrons. The molecule has 1 rings (SSSR count). The number of hydrogen-bond donors (Lipinski definition) is 4. The molecule has 1 aliphatic rings. The molecule has 0 radical (unpaired) electrons. The molecule has 0 aromatic heterocycles. The minimum atomic E-state index is -4.78. The van der Waals surface area contributed by atoms with E-state index in [2.05, 4.69) is 6.92 Å². The molecular weight excluding hydrogens is 507 g/mol. The zero-order valence-electron chi connectivity index (χ0n) is 21.6. The van der Waals surface area contributed by atoms with Crippen molar-refractivity contribution in [1.82, 2.24) is 0 Å². The summed E-state index contributed by atoms with van der Waals surface area (Å²) in [6.07, 6.45) is 3.20. The van der Waals surface area contributed by atoms with E-state index in [-0.39, 0.29) is 42.6 Å². The summed E-state index contributed by atoms with van der Waals surface area (Å²) in [5, 5.41) is 39.5. The third kappa shape index (κ3) is 16.2. The Morgan fingerprint density at radius 3 is 1.94 bits per heavy atom. The monoisotopic (exact) mass is 550 g/mol. The number of aliphatic hydroxyl groups is 4. The van der Waals surface area contributed by atoms with Gasteiger partial charge in [-0.15, -0.1) is 0 Å². The molecule has 4 N–H and O–H groups in total. The maximum atomic E-state index is 11.8. The Labute approximate surface area is 236 Å². The minimum absolute atomic E-state index is 0. The molecule has 1 aliphatic heterocycles. The molecule has 1 heterocycles. The molecule has 13 heteroatoms. The summed E-state index contributed by atoms with van der Waals surface area (Å²) in [5.41, 5.74) is 0. The summed E-state index contributed by atoms with van der Waals surface area (Å²) >= 11 is 0. The van der Waals surface area contributed by atoms with E-state index >= 15 is 0 Å². The Bertz CT molecular complexity index is 679. The van der Waals surface area contributed by atoms with Crippen LogP contribution in [0.2, 0.25) is 0 Å².